The summed E-state index contributed by atoms with van der Waals surface area (Å²) < 4.78 is 14.6. The van der Waals surface area contributed by atoms with Crippen molar-refractivity contribution in [1.82, 2.24) is 40.3 Å². The fraction of sp³-hybridized carbons (Fsp3) is 0.259. The van der Waals surface area contributed by atoms with Crippen LogP contribution in [-0.2, 0) is 0 Å². The van der Waals surface area contributed by atoms with Crippen molar-refractivity contribution in [3.05, 3.63) is 60.3 Å². The fourth-order valence-electron chi connectivity index (χ4n) is 4.63. The van der Waals surface area contributed by atoms with Crippen molar-refractivity contribution in [2.75, 3.05) is 45.6 Å². The largest absolute Gasteiger partial charge is 0.384 e. The summed E-state index contributed by atoms with van der Waals surface area (Å²) in [5.74, 6) is 0.264. The third-order valence-electron chi connectivity index (χ3n) is 6.52. The van der Waals surface area contributed by atoms with Crippen LogP contribution in [0.2, 0.25) is 0 Å². The van der Waals surface area contributed by atoms with Crippen molar-refractivity contribution in [2.24, 2.45) is 0 Å². The lowest BCUT2D eigenvalue weighted by Gasteiger charge is -2.13. The molecule has 0 aliphatic carbocycles. The minimum atomic E-state index is -0.320. The van der Waals surface area contributed by atoms with Crippen LogP contribution >= 0.6 is 0 Å². The van der Waals surface area contributed by atoms with Gasteiger partial charge >= 0.3 is 0 Å². The Morgan fingerprint density at radius 1 is 1.05 bits per heavy atom. The Bertz CT molecular complexity index is 1620. The molecule has 0 spiro atoms. The molecule has 1 aliphatic heterocycles. The highest BCUT2D eigenvalue weighted by atomic mass is 19.1. The number of nitrogens with one attached hydrogen (secondary N) is 4. The van der Waals surface area contributed by atoms with E-state index >= 15 is 0 Å². The van der Waals surface area contributed by atoms with Crippen LogP contribution in [0.1, 0.15) is 12.1 Å². The fourth-order valence-corrected chi connectivity index (χ4v) is 4.63. The van der Waals surface area contributed by atoms with Crippen LogP contribution in [0.5, 0.6) is 0 Å². The first kappa shape index (κ1) is 23.3. The van der Waals surface area contributed by atoms with Gasteiger partial charge in [-0.3, -0.25) is 10.1 Å². The molecule has 10 heteroatoms. The van der Waals surface area contributed by atoms with Crippen molar-refractivity contribution >= 4 is 33.3 Å². The Labute approximate surface area is 213 Å². The number of fused-ring (bicyclic) bond motifs is 2. The highest BCUT2D eigenvalue weighted by Crippen LogP contribution is 2.32. The van der Waals surface area contributed by atoms with Gasteiger partial charge in [-0.2, -0.15) is 5.10 Å². The van der Waals surface area contributed by atoms with E-state index in [4.69, 9.17) is 9.97 Å². The maximum atomic E-state index is 14.6. The topological polar surface area (TPSA) is 110 Å². The summed E-state index contributed by atoms with van der Waals surface area (Å²) in [4.78, 5) is 19.6. The number of hydrogen-bond donors (Lipinski definition) is 4. The van der Waals surface area contributed by atoms with Gasteiger partial charge in [0, 0.05) is 37.1 Å². The number of H-pyrrole nitrogens is 2. The first-order valence-corrected chi connectivity index (χ1v) is 12.3. The van der Waals surface area contributed by atoms with E-state index in [1.165, 1.54) is 17.7 Å². The molecule has 0 saturated carbocycles. The summed E-state index contributed by atoms with van der Waals surface area (Å²) in [6.45, 7) is 3.34. The molecule has 5 aromatic rings. The number of aromatic nitrogens is 6. The van der Waals surface area contributed by atoms with Crippen molar-refractivity contribution in [2.45, 2.75) is 6.42 Å². The van der Waals surface area contributed by atoms with Crippen LogP contribution in [0.25, 0.3) is 50.3 Å². The first-order valence-electron chi connectivity index (χ1n) is 12.3. The van der Waals surface area contributed by atoms with Gasteiger partial charge in [-0.25, -0.2) is 14.4 Å². The van der Waals surface area contributed by atoms with E-state index in [-0.39, 0.29) is 5.82 Å². The number of imidazole rings is 1. The van der Waals surface area contributed by atoms with Crippen LogP contribution < -0.4 is 10.6 Å². The second-order valence-electron chi connectivity index (χ2n) is 9.48. The molecule has 1 aromatic carbocycles. The average molecular weight is 498 g/mol. The zero-order valence-corrected chi connectivity index (χ0v) is 20.8. The van der Waals surface area contributed by atoms with Crippen LogP contribution in [-0.4, -0.2) is 75.3 Å². The molecule has 0 bridgehead atoms. The van der Waals surface area contributed by atoms with Gasteiger partial charge in [0.2, 0.25) is 0 Å². The van der Waals surface area contributed by atoms with E-state index in [0.717, 1.165) is 53.9 Å². The summed E-state index contributed by atoms with van der Waals surface area (Å²) in [7, 11) is 4.01. The van der Waals surface area contributed by atoms with Crippen molar-refractivity contribution in [1.29, 1.82) is 0 Å². The molecule has 4 aromatic heterocycles. The highest BCUT2D eigenvalue weighted by molar-refractivity contribution is 5.96. The zero-order valence-electron chi connectivity index (χ0n) is 20.8. The molecule has 1 aliphatic rings. The molecule has 0 amide bonds. The lowest BCUT2D eigenvalue weighted by molar-refractivity contribution is 0.425. The lowest BCUT2D eigenvalue weighted by Crippen LogP contribution is -2.20. The summed E-state index contributed by atoms with van der Waals surface area (Å²) in [6, 6.07) is 8.96. The Kier molecular flexibility index (Phi) is 6.11. The zero-order chi connectivity index (χ0) is 25.4. The van der Waals surface area contributed by atoms with E-state index in [2.05, 4.69) is 41.8 Å². The smallest absolute Gasteiger partial charge is 0.161 e. The van der Waals surface area contributed by atoms with E-state index in [0.29, 0.717) is 34.8 Å². The quantitative estimate of drug-likeness (QED) is 0.268. The molecule has 4 N–H and O–H groups in total. The summed E-state index contributed by atoms with van der Waals surface area (Å²) in [6.07, 6.45) is 6.55. The number of pyridine rings is 2. The number of likely N-dealkylation sites (N-methyl/N-ethyl adjacent to an activating group) is 1. The number of rotatable bonds is 7. The molecule has 37 heavy (non-hydrogen) atoms. The molecule has 0 saturated heterocycles. The Morgan fingerprint density at radius 3 is 2.81 bits per heavy atom. The Balaban J connectivity index is 1.39. The van der Waals surface area contributed by atoms with Crippen LogP contribution in [0, 0.1) is 5.82 Å². The normalized spacial score (nSPS) is 14.0. The molecule has 6 rings (SSSR count). The second-order valence-corrected chi connectivity index (χ2v) is 9.48. The lowest BCUT2D eigenvalue weighted by atomic mass is 10.1. The van der Waals surface area contributed by atoms with Crippen molar-refractivity contribution in [3.8, 4) is 22.6 Å². The minimum absolute atomic E-state index is 0.320. The summed E-state index contributed by atoms with van der Waals surface area (Å²) in [5, 5.41) is 14.2. The SMILES string of the molecule is CN(C)CCNc1cc(F)cc(-c2cncc3[nH]c(-c4n[nH]c5ccc(C6=CCNCC6)nc45)nc23)c1. The molecule has 5 heterocycles. The predicted molar refractivity (Wildman–Crippen MR) is 145 cm³/mol. The van der Waals surface area contributed by atoms with Gasteiger partial charge in [-0.05, 0) is 68.5 Å². The van der Waals surface area contributed by atoms with Gasteiger partial charge in [-0.1, -0.05) is 6.08 Å². The third kappa shape index (κ3) is 4.68. The molecule has 0 fully saturated rings. The van der Waals surface area contributed by atoms with E-state index in [9.17, 15) is 4.39 Å². The van der Waals surface area contributed by atoms with Crippen molar-refractivity contribution in [3.63, 3.8) is 0 Å². The van der Waals surface area contributed by atoms with Crippen LogP contribution in [0.15, 0.2) is 48.8 Å². The van der Waals surface area contributed by atoms with Gasteiger partial charge in [0.25, 0.3) is 0 Å². The van der Waals surface area contributed by atoms with Gasteiger partial charge in [0.05, 0.1) is 28.4 Å². The number of nitrogens with zero attached hydrogens (tertiary/aromatic N) is 5. The first-order chi connectivity index (χ1) is 18.0. The standard InChI is InChI=1S/C27H28FN9/c1-37(2)10-9-31-19-12-17(11-18(28)13-19)20-14-30-15-23-24(20)34-27(33-23)26-25-22(35-36-26)4-3-21(32-25)16-5-7-29-8-6-16/h3-5,11-15,29,31H,6-10H2,1-2H3,(H,33,34)(H,35,36). The molecule has 0 unspecified atom stereocenters. The minimum Gasteiger partial charge on any atom is -0.384 e. The molecule has 9 nitrogen and oxygen atoms in total. The maximum absolute atomic E-state index is 14.6. The van der Waals surface area contributed by atoms with Crippen LogP contribution in [0.4, 0.5) is 10.1 Å². The van der Waals surface area contributed by atoms with E-state index in [1.54, 1.807) is 12.4 Å². The second kappa shape index (κ2) is 9.72. The summed E-state index contributed by atoms with van der Waals surface area (Å²) in [5.41, 5.74) is 8.00. The molecule has 0 atom stereocenters. The number of halogens is 1. The van der Waals surface area contributed by atoms with Crippen molar-refractivity contribution < 1.29 is 4.39 Å². The molecular weight excluding hydrogens is 469 g/mol. The van der Waals surface area contributed by atoms with Gasteiger partial charge in [0.15, 0.2) is 11.5 Å². The van der Waals surface area contributed by atoms with Gasteiger partial charge in [0.1, 0.15) is 11.3 Å². The van der Waals surface area contributed by atoms with Gasteiger partial charge < -0.3 is 20.5 Å². The third-order valence-corrected chi connectivity index (χ3v) is 6.52. The number of aromatic amines is 2. The predicted octanol–water partition coefficient (Wildman–Crippen LogP) is 4.05. The van der Waals surface area contributed by atoms with E-state index in [1.807, 2.05) is 32.3 Å². The van der Waals surface area contributed by atoms with Crippen LogP contribution in [0.3, 0.4) is 0 Å². The number of anilines is 1. The maximum Gasteiger partial charge on any atom is 0.161 e. The number of benzene rings is 1. The molecule has 0 radical (unpaired) electrons. The van der Waals surface area contributed by atoms with E-state index < -0.39 is 0 Å². The average Bonchev–Trinajstić information content (AvgIpc) is 3.52. The Morgan fingerprint density at radius 2 is 1.97 bits per heavy atom. The monoisotopic (exact) mass is 497 g/mol. The van der Waals surface area contributed by atoms with Gasteiger partial charge in [-0.15, -0.1) is 0 Å². The number of hydrogen-bond acceptors (Lipinski definition) is 7. The Hall–Kier alpha value is -4.15. The highest BCUT2D eigenvalue weighted by Gasteiger charge is 2.18. The molecule has 188 valence electrons. The molecular formula is C27H28FN9. The summed E-state index contributed by atoms with van der Waals surface area (Å²) >= 11 is 0.